The molecule has 2 N–H and O–H groups in total. The summed E-state index contributed by atoms with van der Waals surface area (Å²) in [4.78, 5) is 8.69. The molecule has 0 saturated heterocycles. The van der Waals surface area contributed by atoms with E-state index < -0.39 is 10.0 Å². The fourth-order valence-electron chi connectivity index (χ4n) is 2.36. The first kappa shape index (κ1) is 17.9. The molecule has 134 valence electrons. The van der Waals surface area contributed by atoms with Crippen LogP contribution in [0.1, 0.15) is 18.2 Å². The van der Waals surface area contributed by atoms with Gasteiger partial charge in [0.1, 0.15) is 5.82 Å². The first-order chi connectivity index (χ1) is 12.6. The third-order valence-corrected chi connectivity index (χ3v) is 5.23. The third-order valence-electron chi connectivity index (χ3n) is 3.83. The molecule has 1 aromatic carbocycles. The van der Waals surface area contributed by atoms with E-state index in [2.05, 4.69) is 20.0 Å². The molecule has 0 unspecified atom stereocenters. The zero-order chi connectivity index (χ0) is 18.4. The summed E-state index contributed by atoms with van der Waals surface area (Å²) in [6.45, 7) is 2.57. The van der Waals surface area contributed by atoms with Gasteiger partial charge < -0.3 is 5.32 Å². The van der Waals surface area contributed by atoms with Gasteiger partial charge in [-0.05, 0) is 48.4 Å². The summed E-state index contributed by atoms with van der Waals surface area (Å²) >= 11 is 0. The summed E-state index contributed by atoms with van der Waals surface area (Å²) in [6.07, 6.45) is 4.08. The van der Waals surface area contributed by atoms with E-state index in [4.69, 9.17) is 0 Å². The van der Waals surface area contributed by atoms with Gasteiger partial charge >= 0.3 is 0 Å². The lowest BCUT2D eigenvalue weighted by atomic mass is 10.2. The Labute approximate surface area is 153 Å². The summed E-state index contributed by atoms with van der Waals surface area (Å²) in [6, 6.07) is 15.9. The van der Waals surface area contributed by atoms with E-state index in [9.17, 15) is 8.42 Å². The molecule has 0 aliphatic rings. The molecule has 0 saturated carbocycles. The number of hydrogen-bond donors (Lipinski definition) is 2. The topological polar surface area (TPSA) is 84.0 Å². The van der Waals surface area contributed by atoms with E-state index >= 15 is 0 Å². The summed E-state index contributed by atoms with van der Waals surface area (Å²) in [7, 11) is -3.63. The van der Waals surface area contributed by atoms with Crippen LogP contribution in [0.4, 0.5) is 11.5 Å². The summed E-state index contributed by atoms with van der Waals surface area (Å²) in [5.41, 5.74) is 2.40. The Balaban J connectivity index is 1.64. The molecule has 26 heavy (non-hydrogen) atoms. The van der Waals surface area contributed by atoms with Crippen molar-refractivity contribution in [3.05, 3.63) is 78.2 Å². The molecule has 0 bridgehead atoms. The normalized spacial score (nSPS) is 11.1. The van der Waals surface area contributed by atoms with E-state index in [1.165, 1.54) is 6.20 Å². The number of nitrogens with zero attached hydrogens (tertiary/aromatic N) is 2. The highest BCUT2D eigenvalue weighted by Gasteiger charge is 2.14. The Morgan fingerprint density at radius 3 is 2.38 bits per heavy atom. The van der Waals surface area contributed by atoms with Crippen LogP contribution >= 0.6 is 0 Å². The van der Waals surface area contributed by atoms with Gasteiger partial charge in [0.05, 0.1) is 29.0 Å². The van der Waals surface area contributed by atoms with Gasteiger partial charge in [-0.25, -0.2) is 13.4 Å². The molecule has 2 aromatic heterocycles. The second-order valence-corrected chi connectivity index (χ2v) is 7.39. The summed E-state index contributed by atoms with van der Waals surface area (Å²) < 4.78 is 27.4. The average Bonchev–Trinajstić information content (AvgIpc) is 2.68. The lowest BCUT2D eigenvalue weighted by molar-refractivity contribution is 0.601. The number of sulfonamides is 1. The Morgan fingerprint density at radius 2 is 1.77 bits per heavy atom. The van der Waals surface area contributed by atoms with Gasteiger partial charge in [0, 0.05) is 6.20 Å². The van der Waals surface area contributed by atoms with Crippen molar-refractivity contribution in [2.45, 2.75) is 24.8 Å². The van der Waals surface area contributed by atoms with Crippen LogP contribution in [-0.4, -0.2) is 18.4 Å². The van der Waals surface area contributed by atoms with E-state index in [0.29, 0.717) is 18.1 Å². The van der Waals surface area contributed by atoms with Crippen molar-refractivity contribution in [3.8, 4) is 0 Å². The van der Waals surface area contributed by atoms with Crippen LogP contribution in [0.3, 0.4) is 0 Å². The second kappa shape index (κ2) is 7.97. The van der Waals surface area contributed by atoms with Crippen LogP contribution in [-0.2, 0) is 23.0 Å². The monoisotopic (exact) mass is 368 g/mol. The van der Waals surface area contributed by atoms with Crippen molar-refractivity contribution >= 4 is 21.5 Å². The van der Waals surface area contributed by atoms with Gasteiger partial charge in [0.15, 0.2) is 0 Å². The van der Waals surface area contributed by atoms with Crippen LogP contribution in [0.15, 0.2) is 71.9 Å². The van der Waals surface area contributed by atoms with Gasteiger partial charge in [-0.2, -0.15) is 0 Å². The van der Waals surface area contributed by atoms with Crippen molar-refractivity contribution in [1.29, 1.82) is 0 Å². The van der Waals surface area contributed by atoms with E-state index in [-0.39, 0.29) is 4.90 Å². The van der Waals surface area contributed by atoms with Crippen molar-refractivity contribution in [1.82, 2.24) is 9.97 Å². The number of nitrogens with one attached hydrogen (secondary N) is 2. The molecule has 0 aliphatic heterocycles. The van der Waals surface area contributed by atoms with Crippen LogP contribution in [0.5, 0.6) is 0 Å². The maximum absolute atomic E-state index is 12.4. The minimum Gasteiger partial charge on any atom is -0.364 e. The van der Waals surface area contributed by atoms with Gasteiger partial charge in [0.25, 0.3) is 10.0 Å². The van der Waals surface area contributed by atoms with Gasteiger partial charge in [-0.1, -0.05) is 25.1 Å². The lowest BCUT2D eigenvalue weighted by Crippen LogP contribution is -2.13. The Bertz CT molecular complexity index is 941. The van der Waals surface area contributed by atoms with Crippen LogP contribution in [0.2, 0.25) is 0 Å². The average molecular weight is 368 g/mol. The molecular weight excluding hydrogens is 348 g/mol. The highest BCUT2D eigenvalue weighted by atomic mass is 32.2. The van der Waals surface area contributed by atoms with Gasteiger partial charge in [-0.3, -0.25) is 9.71 Å². The van der Waals surface area contributed by atoms with Gasteiger partial charge in [0.2, 0.25) is 0 Å². The number of rotatable bonds is 7. The summed E-state index contributed by atoms with van der Waals surface area (Å²) in [5.74, 6) is 0.644. The molecule has 6 nitrogen and oxygen atoms in total. The van der Waals surface area contributed by atoms with Crippen molar-refractivity contribution < 1.29 is 8.42 Å². The predicted octanol–water partition coefficient (Wildman–Crippen LogP) is 3.45. The van der Waals surface area contributed by atoms with Crippen LogP contribution in [0, 0.1) is 0 Å². The molecule has 0 atom stereocenters. The minimum atomic E-state index is -3.63. The minimum absolute atomic E-state index is 0.229. The number of hydrogen-bond acceptors (Lipinski definition) is 5. The molecule has 3 aromatic rings. The molecule has 3 rings (SSSR count). The number of pyridine rings is 2. The molecular formula is C19H20N4O2S. The Morgan fingerprint density at radius 1 is 0.962 bits per heavy atom. The molecule has 2 heterocycles. The largest absolute Gasteiger partial charge is 0.364 e. The zero-order valence-electron chi connectivity index (χ0n) is 14.4. The van der Waals surface area contributed by atoms with Gasteiger partial charge in [-0.15, -0.1) is 0 Å². The maximum Gasteiger partial charge on any atom is 0.261 e. The van der Waals surface area contributed by atoms with E-state index in [0.717, 1.165) is 17.7 Å². The number of aromatic nitrogens is 2. The zero-order valence-corrected chi connectivity index (χ0v) is 15.2. The molecule has 0 fully saturated rings. The fraction of sp³-hybridized carbons (Fsp3) is 0.158. The molecule has 7 heteroatoms. The number of aryl methyl sites for hydroxylation is 1. The van der Waals surface area contributed by atoms with Crippen molar-refractivity contribution in [2.24, 2.45) is 0 Å². The molecule has 0 amide bonds. The van der Waals surface area contributed by atoms with E-state index in [1.54, 1.807) is 30.5 Å². The second-order valence-electron chi connectivity index (χ2n) is 5.71. The SMILES string of the molecule is CCc1ccc(S(=O)(=O)Nc2ccc(NCc3ccccn3)nc2)cc1. The van der Waals surface area contributed by atoms with Crippen molar-refractivity contribution in [2.75, 3.05) is 10.0 Å². The van der Waals surface area contributed by atoms with E-state index in [1.807, 2.05) is 37.3 Å². The Hall–Kier alpha value is -2.93. The quantitative estimate of drug-likeness (QED) is 0.667. The molecule has 0 spiro atoms. The predicted molar refractivity (Wildman–Crippen MR) is 102 cm³/mol. The molecule has 0 aliphatic carbocycles. The maximum atomic E-state index is 12.4. The smallest absolute Gasteiger partial charge is 0.261 e. The van der Waals surface area contributed by atoms with Crippen molar-refractivity contribution in [3.63, 3.8) is 0 Å². The summed E-state index contributed by atoms with van der Waals surface area (Å²) in [5, 5.41) is 3.14. The number of anilines is 2. The number of benzene rings is 1. The first-order valence-electron chi connectivity index (χ1n) is 8.28. The fourth-order valence-corrected chi connectivity index (χ4v) is 3.40. The molecule has 0 radical (unpaired) electrons. The third kappa shape index (κ3) is 4.58. The lowest BCUT2D eigenvalue weighted by Gasteiger charge is -2.10. The highest BCUT2D eigenvalue weighted by molar-refractivity contribution is 7.92. The van der Waals surface area contributed by atoms with Crippen LogP contribution < -0.4 is 10.0 Å². The first-order valence-corrected chi connectivity index (χ1v) is 9.77. The standard InChI is InChI=1S/C19H20N4O2S/c1-2-15-6-9-18(10-7-15)26(24,25)23-17-8-11-19(22-14-17)21-13-16-5-3-4-12-20-16/h3-12,14,23H,2,13H2,1H3,(H,21,22). The Kier molecular flexibility index (Phi) is 5.48. The van der Waals surface area contributed by atoms with Crippen LogP contribution in [0.25, 0.3) is 0 Å². The highest BCUT2D eigenvalue weighted by Crippen LogP contribution is 2.17.